The van der Waals surface area contributed by atoms with E-state index in [-0.39, 0.29) is 0 Å². The Morgan fingerprint density at radius 2 is 1.95 bits per heavy atom. The first kappa shape index (κ1) is 14.4. The maximum Gasteiger partial charge on any atom is 0.0409 e. The third kappa shape index (κ3) is 3.95. The molecule has 1 aromatic rings. The predicted octanol–water partition coefficient (Wildman–Crippen LogP) is 2.18. The van der Waals surface area contributed by atoms with Crippen LogP contribution in [0.1, 0.15) is 18.4 Å². The molecule has 0 amide bonds. The van der Waals surface area contributed by atoms with E-state index in [0.717, 1.165) is 12.5 Å². The number of hydrogen-bond donors (Lipinski definition) is 1. The number of hydrogen-bond acceptors (Lipinski definition) is 3. The van der Waals surface area contributed by atoms with E-state index in [2.05, 4.69) is 53.5 Å². The summed E-state index contributed by atoms with van der Waals surface area (Å²) in [6.07, 6.45) is 2.66. The van der Waals surface area contributed by atoms with Crippen molar-refractivity contribution in [3.8, 4) is 0 Å². The fraction of sp³-hybridized carbons (Fsp3) is 0.625. The zero-order valence-corrected chi connectivity index (χ0v) is 12.5. The molecule has 19 heavy (non-hydrogen) atoms. The molecule has 1 aliphatic rings. The molecule has 1 heterocycles. The Balaban J connectivity index is 1.97. The number of benzene rings is 1. The van der Waals surface area contributed by atoms with Crippen LogP contribution in [-0.4, -0.2) is 45.7 Å². The van der Waals surface area contributed by atoms with Gasteiger partial charge in [0.05, 0.1) is 0 Å². The van der Waals surface area contributed by atoms with Gasteiger partial charge in [0, 0.05) is 25.8 Å². The Morgan fingerprint density at radius 1 is 1.26 bits per heavy atom. The van der Waals surface area contributed by atoms with Crippen LogP contribution >= 0.6 is 0 Å². The van der Waals surface area contributed by atoms with E-state index in [1.807, 2.05) is 7.05 Å². The normalized spacial score (nSPS) is 17.6. The van der Waals surface area contributed by atoms with Crippen LogP contribution in [0.25, 0.3) is 0 Å². The average molecular weight is 261 g/mol. The van der Waals surface area contributed by atoms with Crippen LogP contribution in [0, 0.1) is 5.92 Å². The first-order chi connectivity index (χ1) is 9.20. The minimum absolute atomic E-state index is 0.837. The van der Waals surface area contributed by atoms with Crippen LogP contribution in [0.2, 0.25) is 0 Å². The molecule has 3 nitrogen and oxygen atoms in total. The van der Waals surface area contributed by atoms with Gasteiger partial charge in [0.1, 0.15) is 0 Å². The van der Waals surface area contributed by atoms with Crippen molar-refractivity contribution in [2.45, 2.75) is 19.4 Å². The van der Waals surface area contributed by atoms with Gasteiger partial charge >= 0.3 is 0 Å². The fourth-order valence-electron chi connectivity index (χ4n) is 2.95. The maximum absolute atomic E-state index is 3.26. The van der Waals surface area contributed by atoms with Crippen molar-refractivity contribution in [3.63, 3.8) is 0 Å². The van der Waals surface area contributed by atoms with Gasteiger partial charge in [-0.05, 0) is 57.6 Å². The third-order valence-corrected chi connectivity index (χ3v) is 4.14. The van der Waals surface area contributed by atoms with Crippen molar-refractivity contribution in [2.75, 3.05) is 45.7 Å². The topological polar surface area (TPSA) is 18.5 Å². The molecule has 1 saturated heterocycles. The molecule has 0 saturated carbocycles. The Morgan fingerprint density at radius 3 is 2.63 bits per heavy atom. The number of nitrogens with zero attached hydrogens (tertiary/aromatic N) is 2. The summed E-state index contributed by atoms with van der Waals surface area (Å²) in [7, 11) is 6.46. The lowest BCUT2D eigenvalue weighted by Gasteiger charge is -2.33. The van der Waals surface area contributed by atoms with E-state index in [0.29, 0.717) is 0 Å². The predicted molar refractivity (Wildman–Crippen MR) is 82.7 cm³/mol. The van der Waals surface area contributed by atoms with E-state index < -0.39 is 0 Å². The van der Waals surface area contributed by atoms with E-state index in [1.54, 1.807) is 0 Å². The zero-order valence-electron chi connectivity index (χ0n) is 12.5. The molecule has 3 heteroatoms. The van der Waals surface area contributed by atoms with Crippen LogP contribution in [-0.2, 0) is 6.54 Å². The van der Waals surface area contributed by atoms with Crippen molar-refractivity contribution < 1.29 is 0 Å². The molecule has 1 fully saturated rings. The largest absolute Gasteiger partial charge is 0.374 e. The van der Waals surface area contributed by atoms with E-state index in [1.165, 1.54) is 43.7 Å². The first-order valence-electron chi connectivity index (χ1n) is 7.33. The van der Waals surface area contributed by atoms with Crippen LogP contribution < -0.4 is 10.2 Å². The molecule has 0 bridgehead atoms. The molecule has 2 rings (SSSR count). The molecule has 0 spiro atoms. The summed E-state index contributed by atoms with van der Waals surface area (Å²) < 4.78 is 0. The first-order valence-corrected chi connectivity index (χ1v) is 7.33. The summed E-state index contributed by atoms with van der Waals surface area (Å²) >= 11 is 0. The van der Waals surface area contributed by atoms with Gasteiger partial charge < -0.3 is 15.1 Å². The highest BCUT2D eigenvalue weighted by Crippen LogP contribution is 2.23. The monoisotopic (exact) mass is 261 g/mol. The second kappa shape index (κ2) is 6.92. The van der Waals surface area contributed by atoms with Crippen LogP contribution in [0.15, 0.2) is 24.3 Å². The van der Waals surface area contributed by atoms with Crippen molar-refractivity contribution >= 4 is 5.69 Å². The smallest absolute Gasteiger partial charge is 0.0409 e. The lowest BCUT2D eigenvalue weighted by molar-refractivity contribution is 0.222. The van der Waals surface area contributed by atoms with Gasteiger partial charge in [-0.3, -0.25) is 0 Å². The van der Waals surface area contributed by atoms with Crippen LogP contribution in [0.5, 0.6) is 0 Å². The Labute approximate surface area is 117 Å². The van der Waals surface area contributed by atoms with Gasteiger partial charge in [-0.1, -0.05) is 18.2 Å². The zero-order chi connectivity index (χ0) is 13.7. The molecule has 0 atom stereocenters. The lowest BCUT2D eigenvalue weighted by Crippen LogP contribution is -2.36. The molecular formula is C16H27N3. The quantitative estimate of drug-likeness (QED) is 0.876. The van der Waals surface area contributed by atoms with Crippen LogP contribution in [0.4, 0.5) is 5.69 Å². The second-order valence-electron chi connectivity index (χ2n) is 5.79. The molecule has 106 valence electrons. The summed E-state index contributed by atoms with van der Waals surface area (Å²) in [5, 5.41) is 3.26. The highest BCUT2D eigenvalue weighted by molar-refractivity contribution is 5.53. The van der Waals surface area contributed by atoms with Crippen LogP contribution in [0.3, 0.4) is 0 Å². The van der Waals surface area contributed by atoms with Crippen molar-refractivity contribution in [1.29, 1.82) is 0 Å². The number of nitrogens with one attached hydrogen (secondary N) is 1. The molecule has 0 aromatic heterocycles. The third-order valence-electron chi connectivity index (χ3n) is 4.14. The summed E-state index contributed by atoms with van der Waals surface area (Å²) in [6, 6.07) is 8.72. The summed E-state index contributed by atoms with van der Waals surface area (Å²) in [5.74, 6) is 0.837. The minimum Gasteiger partial charge on any atom is -0.374 e. The Bertz CT molecular complexity index is 383. The van der Waals surface area contributed by atoms with Crippen molar-refractivity contribution in [1.82, 2.24) is 10.2 Å². The minimum atomic E-state index is 0.837. The Hall–Kier alpha value is -1.06. The van der Waals surface area contributed by atoms with E-state index >= 15 is 0 Å². The molecular weight excluding hydrogens is 234 g/mol. The number of para-hydroxylation sites is 1. The summed E-state index contributed by atoms with van der Waals surface area (Å²) in [6.45, 7) is 4.61. The van der Waals surface area contributed by atoms with Crippen molar-refractivity contribution in [2.24, 2.45) is 5.92 Å². The molecule has 1 aliphatic heterocycles. The molecule has 1 aromatic carbocycles. The molecule has 1 N–H and O–H groups in total. The average Bonchev–Trinajstić information content (AvgIpc) is 2.42. The van der Waals surface area contributed by atoms with Gasteiger partial charge in [0.15, 0.2) is 0 Å². The van der Waals surface area contributed by atoms with Gasteiger partial charge in [0.2, 0.25) is 0 Å². The van der Waals surface area contributed by atoms with Gasteiger partial charge in [-0.25, -0.2) is 0 Å². The second-order valence-corrected chi connectivity index (χ2v) is 5.79. The number of likely N-dealkylation sites (tertiary alicyclic amines) is 1. The molecule has 0 aliphatic carbocycles. The molecule has 0 unspecified atom stereocenters. The fourth-order valence-corrected chi connectivity index (χ4v) is 2.95. The lowest BCUT2D eigenvalue weighted by atomic mass is 9.96. The van der Waals surface area contributed by atoms with E-state index in [4.69, 9.17) is 0 Å². The Kier molecular flexibility index (Phi) is 5.23. The number of anilines is 1. The summed E-state index contributed by atoms with van der Waals surface area (Å²) in [5.41, 5.74) is 2.76. The highest BCUT2D eigenvalue weighted by atomic mass is 15.1. The van der Waals surface area contributed by atoms with Gasteiger partial charge in [0.25, 0.3) is 0 Å². The number of piperidine rings is 1. The SMILES string of the molecule is CNCc1ccccc1N(C)CC1CCN(C)CC1. The van der Waals surface area contributed by atoms with Crippen molar-refractivity contribution in [3.05, 3.63) is 29.8 Å². The van der Waals surface area contributed by atoms with Gasteiger partial charge in [-0.2, -0.15) is 0 Å². The highest BCUT2D eigenvalue weighted by Gasteiger charge is 2.19. The number of rotatable bonds is 5. The van der Waals surface area contributed by atoms with E-state index in [9.17, 15) is 0 Å². The summed E-state index contributed by atoms with van der Waals surface area (Å²) in [4.78, 5) is 4.87. The molecule has 0 radical (unpaired) electrons. The maximum atomic E-state index is 3.26. The standard InChI is InChI=1S/C16H27N3/c1-17-12-15-6-4-5-7-16(15)19(3)13-14-8-10-18(2)11-9-14/h4-7,14,17H,8-13H2,1-3H3. The van der Waals surface area contributed by atoms with Gasteiger partial charge in [-0.15, -0.1) is 0 Å².